The summed E-state index contributed by atoms with van der Waals surface area (Å²) in [5, 5.41) is 7.42. The summed E-state index contributed by atoms with van der Waals surface area (Å²) in [5.41, 5.74) is -0.303. The molecule has 0 aliphatic carbocycles. The van der Waals surface area contributed by atoms with Gasteiger partial charge >= 0.3 is 0 Å². The molecule has 148 valence electrons. The zero-order valence-electron chi connectivity index (χ0n) is 15.2. The van der Waals surface area contributed by atoms with E-state index in [0.717, 1.165) is 6.07 Å². The van der Waals surface area contributed by atoms with E-state index in [1.807, 2.05) is 0 Å². The third-order valence-corrected chi connectivity index (χ3v) is 5.15. The largest absolute Gasteiger partial charge is 0.335 e. The lowest BCUT2D eigenvalue weighted by atomic mass is 10.1. The van der Waals surface area contributed by atoms with Gasteiger partial charge in [0.25, 0.3) is 17.4 Å². The number of carbonyl (C=O) groups excluding carboxylic acids is 2. The van der Waals surface area contributed by atoms with E-state index < -0.39 is 11.7 Å². The number of fused-ring (bicyclic) bond motifs is 1. The number of nitrogens with one attached hydrogen (secondary N) is 1. The van der Waals surface area contributed by atoms with Crippen molar-refractivity contribution in [2.45, 2.75) is 0 Å². The van der Waals surface area contributed by atoms with Gasteiger partial charge in [0.1, 0.15) is 5.82 Å². The number of H-pyrrole nitrogens is 1. The van der Waals surface area contributed by atoms with Crippen LogP contribution in [0.15, 0.2) is 47.3 Å². The molecule has 7 nitrogen and oxygen atoms in total. The van der Waals surface area contributed by atoms with Crippen LogP contribution in [0.5, 0.6) is 0 Å². The highest BCUT2D eigenvalue weighted by atomic mass is 35.5. The highest BCUT2D eigenvalue weighted by molar-refractivity contribution is 6.31. The van der Waals surface area contributed by atoms with Gasteiger partial charge in [-0.15, -0.1) is 0 Å². The van der Waals surface area contributed by atoms with Crippen molar-refractivity contribution in [3.05, 3.63) is 74.9 Å². The molecule has 2 amide bonds. The van der Waals surface area contributed by atoms with Crippen LogP contribution < -0.4 is 5.56 Å². The number of benzene rings is 2. The highest BCUT2D eigenvalue weighted by Gasteiger charge is 2.28. The maximum atomic E-state index is 14.0. The van der Waals surface area contributed by atoms with Gasteiger partial charge in [0.05, 0.1) is 10.9 Å². The molecule has 0 bridgehead atoms. The van der Waals surface area contributed by atoms with E-state index in [1.165, 1.54) is 17.0 Å². The summed E-state index contributed by atoms with van der Waals surface area (Å²) in [7, 11) is 0. The number of aromatic nitrogens is 2. The van der Waals surface area contributed by atoms with E-state index in [0.29, 0.717) is 10.8 Å². The van der Waals surface area contributed by atoms with Gasteiger partial charge in [-0.3, -0.25) is 14.4 Å². The molecule has 0 atom stereocenters. The van der Waals surface area contributed by atoms with Gasteiger partial charge in [-0.1, -0.05) is 29.8 Å². The summed E-state index contributed by atoms with van der Waals surface area (Å²) in [4.78, 5) is 40.5. The summed E-state index contributed by atoms with van der Waals surface area (Å²) < 4.78 is 14.0. The minimum atomic E-state index is -0.637. The standard InChI is InChI=1S/C20H16ClFN4O3/c21-12-5-6-16(22)15(11-12)19(28)25-7-9-26(10-8-25)20(29)17-13-3-1-2-4-14(13)18(27)24-23-17/h1-6,11H,7-10H2,(H,24,27). The topological polar surface area (TPSA) is 86.4 Å². The Balaban J connectivity index is 1.51. The van der Waals surface area contributed by atoms with Gasteiger partial charge in [-0.2, -0.15) is 5.10 Å². The van der Waals surface area contributed by atoms with Gasteiger partial charge in [-0.05, 0) is 24.3 Å². The molecule has 1 N–H and O–H groups in total. The molecule has 2 aromatic carbocycles. The predicted molar refractivity (Wildman–Crippen MR) is 106 cm³/mol. The average Bonchev–Trinajstić information content (AvgIpc) is 2.75. The predicted octanol–water partition coefficient (Wildman–Crippen LogP) is 2.31. The molecular weight excluding hydrogens is 399 g/mol. The molecule has 29 heavy (non-hydrogen) atoms. The lowest BCUT2D eigenvalue weighted by Gasteiger charge is -2.34. The van der Waals surface area contributed by atoms with E-state index in [9.17, 15) is 18.8 Å². The summed E-state index contributed by atoms with van der Waals surface area (Å²) in [6, 6.07) is 10.6. The second-order valence-corrected chi connectivity index (χ2v) is 7.09. The van der Waals surface area contributed by atoms with Crippen LogP contribution in [0.1, 0.15) is 20.8 Å². The van der Waals surface area contributed by atoms with E-state index in [1.54, 1.807) is 29.2 Å². The number of rotatable bonds is 2. The second kappa shape index (κ2) is 7.63. The number of nitrogens with zero attached hydrogens (tertiary/aromatic N) is 3. The van der Waals surface area contributed by atoms with Crippen LogP contribution in [0.2, 0.25) is 5.02 Å². The number of hydrogen-bond acceptors (Lipinski definition) is 4. The number of halogens is 2. The van der Waals surface area contributed by atoms with Crippen LogP contribution in [-0.4, -0.2) is 58.0 Å². The summed E-state index contributed by atoms with van der Waals surface area (Å²) in [6.07, 6.45) is 0. The van der Waals surface area contributed by atoms with E-state index in [-0.39, 0.29) is 53.9 Å². The van der Waals surface area contributed by atoms with Crippen molar-refractivity contribution in [3.63, 3.8) is 0 Å². The summed E-state index contributed by atoms with van der Waals surface area (Å²) in [5.74, 6) is -1.44. The fourth-order valence-electron chi connectivity index (χ4n) is 3.37. The van der Waals surface area contributed by atoms with Crippen molar-refractivity contribution in [3.8, 4) is 0 Å². The third-order valence-electron chi connectivity index (χ3n) is 4.91. The molecule has 2 heterocycles. The Labute approximate surface area is 169 Å². The lowest BCUT2D eigenvalue weighted by Crippen LogP contribution is -2.51. The Hall–Kier alpha value is -3.26. The molecule has 1 saturated heterocycles. The molecule has 3 aromatic rings. The maximum absolute atomic E-state index is 14.0. The number of aromatic amines is 1. The van der Waals surface area contributed by atoms with Crippen molar-refractivity contribution in [1.29, 1.82) is 0 Å². The van der Waals surface area contributed by atoms with Crippen molar-refractivity contribution < 1.29 is 14.0 Å². The van der Waals surface area contributed by atoms with Crippen LogP contribution in [0, 0.1) is 5.82 Å². The number of amides is 2. The van der Waals surface area contributed by atoms with E-state index in [2.05, 4.69) is 10.2 Å². The van der Waals surface area contributed by atoms with Crippen molar-refractivity contribution in [1.82, 2.24) is 20.0 Å². The first-order valence-electron chi connectivity index (χ1n) is 8.97. The van der Waals surface area contributed by atoms with Gasteiger partial charge in [0.2, 0.25) is 0 Å². The average molecular weight is 415 g/mol. The number of carbonyl (C=O) groups is 2. The molecule has 1 aliphatic heterocycles. The molecule has 0 spiro atoms. The zero-order chi connectivity index (χ0) is 20.5. The fourth-order valence-corrected chi connectivity index (χ4v) is 3.54. The molecule has 1 fully saturated rings. The third kappa shape index (κ3) is 3.58. The van der Waals surface area contributed by atoms with E-state index >= 15 is 0 Å². The fraction of sp³-hybridized carbons (Fsp3) is 0.200. The monoisotopic (exact) mass is 414 g/mol. The van der Waals surface area contributed by atoms with Crippen LogP contribution in [0.3, 0.4) is 0 Å². The van der Waals surface area contributed by atoms with Crippen LogP contribution >= 0.6 is 11.6 Å². The molecule has 0 radical (unpaired) electrons. The quantitative estimate of drug-likeness (QED) is 0.697. The maximum Gasteiger partial charge on any atom is 0.275 e. The first-order chi connectivity index (χ1) is 14.0. The van der Waals surface area contributed by atoms with Crippen LogP contribution in [0.4, 0.5) is 4.39 Å². The normalized spacial score (nSPS) is 14.3. The van der Waals surface area contributed by atoms with Crippen molar-refractivity contribution in [2.24, 2.45) is 0 Å². The molecule has 0 unspecified atom stereocenters. The minimum absolute atomic E-state index is 0.0921. The Morgan fingerprint density at radius 2 is 1.59 bits per heavy atom. The number of hydrogen-bond donors (Lipinski definition) is 1. The Bertz CT molecular complexity index is 1170. The van der Waals surface area contributed by atoms with Gasteiger partial charge in [0, 0.05) is 36.6 Å². The Morgan fingerprint density at radius 1 is 0.966 bits per heavy atom. The molecule has 1 aliphatic rings. The van der Waals surface area contributed by atoms with E-state index in [4.69, 9.17) is 11.6 Å². The number of piperazine rings is 1. The molecular formula is C20H16ClFN4O3. The second-order valence-electron chi connectivity index (χ2n) is 6.66. The van der Waals surface area contributed by atoms with Crippen molar-refractivity contribution >= 4 is 34.2 Å². The van der Waals surface area contributed by atoms with Crippen LogP contribution in [0.25, 0.3) is 10.8 Å². The zero-order valence-corrected chi connectivity index (χ0v) is 15.9. The van der Waals surface area contributed by atoms with Gasteiger partial charge in [0.15, 0.2) is 5.69 Å². The molecule has 0 saturated carbocycles. The molecule has 4 rings (SSSR count). The first-order valence-corrected chi connectivity index (χ1v) is 9.34. The summed E-state index contributed by atoms with van der Waals surface area (Å²) in [6.45, 7) is 1.03. The van der Waals surface area contributed by atoms with Crippen molar-refractivity contribution in [2.75, 3.05) is 26.2 Å². The Kier molecular flexibility index (Phi) is 5.02. The first kappa shape index (κ1) is 19.1. The Morgan fingerprint density at radius 3 is 2.28 bits per heavy atom. The minimum Gasteiger partial charge on any atom is -0.335 e. The SMILES string of the molecule is O=C(c1cc(Cl)ccc1F)N1CCN(C(=O)c2n[nH]c(=O)c3ccccc23)CC1. The highest BCUT2D eigenvalue weighted by Crippen LogP contribution is 2.19. The molecule has 9 heteroatoms. The summed E-state index contributed by atoms with van der Waals surface area (Å²) >= 11 is 5.87. The molecule has 1 aromatic heterocycles. The van der Waals surface area contributed by atoms with Gasteiger partial charge in [-0.25, -0.2) is 9.49 Å². The smallest absolute Gasteiger partial charge is 0.275 e. The van der Waals surface area contributed by atoms with Gasteiger partial charge < -0.3 is 9.80 Å². The lowest BCUT2D eigenvalue weighted by molar-refractivity contribution is 0.0530. The van der Waals surface area contributed by atoms with Crippen LogP contribution in [-0.2, 0) is 0 Å².